The standard InChI is InChI=1S/C22H28N6OS2/c1-6-17-10-8-9-14(3)20(17)25-19(29)13-31-22-27-26-18(28(22)7-2)12-30-21-23-15(4)11-16(5)24-21/h8-11H,6-7,12-13H2,1-5H3,(H,25,29). The first-order valence-electron chi connectivity index (χ1n) is 10.3. The Hall–Kier alpha value is -2.39. The normalized spacial score (nSPS) is 11.0. The molecule has 3 rings (SSSR count). The third-order valence-corrected chi connectivity index (χ3v) is 6.55. The smallest absolute Gasteiger partial charge is 0.234 e. The highest BCUT2D eigenvalue weighted by atomic mass is 32.2. The molecule has 0 unspecified atom stereocenters. The zero-order chi connectivity index (χ0) is 22.4. The number of rotatable bonds is 9. The summed E-state index contributed by atoms with van der Waals surface area (Å²) in [5.41, 5.74) is 5.03. The molecule has 1 amide bonds. The van der Waals surface area contributed by atoms with Crippen LogP contribution in [0.1, 0.15) is 42.2 Å². The number of carbonyl (C=O) groups excluding carboxylic acids is 1. The lowest BCUT2D eigenvalue weighted by atomic mass is 10.1. The molecular formula is C22H28N6OS2. The predicted octanol–water partition coefficient (Wildman–Crippen LogP) is 4.60. The van der Waals surface area contributed by atoms with E-state index in [1.807, 2.05) is 49.6 Å². The molecule has 2 aromatic heterocycles. The Labute approximate surface area is 191 Å². The molecule has 9 heteroatoms. The van der Waals surface area contributed by atoms with Crippen LogP contribution >= 0.6 is 23.5 Å². The molecule has 7 nitrogen and oxygen atoms in total. The number of anilines is 1. The number of hydrogen-bond donors (Lipinski definition) is 1. The van der Waals surface area contributed by atoms with Crippen LogP contribution in [-0.4, -0.2) is 36.4 Å². The molecule has 164 valence electrons. The van der Waals surface area contributed by atoms with Crippen LogP contribution in [-0.2, 0) is 23.5 Å². The SMILES string of the molecule is CCc1cccc(C)c1NC(=O)CSc1nnc(CSc2nc(C)cc(C)n2)n1CC. The second-order valence-corrected chi connectivity index (χ2v) is 9.05. The molecule has 0 spiro atoms. The molecule has 0 saturated carbocycles. The summed E-state index contributed by atoms with van der Waals surface area (Å²) < 4.78 is 2.04. The maximum Gasteiger partial charge on any atom is 0.234 e. The van der Waals surface area contributed by atoms with Crippen LogP contribution in [0.25, 0.3) is 0 Å². The number of benzene rings is 1. The van der Waals surface area contributed by atoms with Crippen LogP contribution in [0.3, 0.4) is 0 Å². The number of para-hydroxylation sites is 1. The van der Waals surface area contributed by atoms with E-state index in [-0.39, 0.29) is 11.7 Å². The first kappa shape index (κ1) is 23.3. The average Bonchev–Trinajstić information content (AvgIpc) is 3.13. The van der Waals surface area contributed by atoms with Gasteiger partial charge in [0.2, 0.25) is 5.91 Å². The quantitative estimate of drug-likeness (QED) is 0.372. The fraction of sp³-hybridized carbons (Fsp3) is 0.409. The minimum atomic E-state index is -0.0424. The van der Waals surface area contributed by atoms with Gasteiger partial charge in [0, 0.05) is 23.6 Å². The Morgan fingerprint density at radius 3 is 2.48 bits per heavy atom. The minimum Gasteiger partial charge on any atom is -0.325 e. The van der Waals surface area contributed by atoms with Crippen molar-refractivity contribution in [3.05, 3.63) is 52.6 Å². The lowest BCUT2D eigenvalue weighted by Gasteiger charge is -2.13. The Balaban J connectivity index is 1.62. The Morgan fingerprint density at radius 1 is 1.06 bits per heavy atom. The van der Waals surface area contributed by atoms with Crippen LogP contribution in [0.15, 0.2) is 34.6 Å². The topological polar surface area (TPSA) is 85.6 Å². The molecule has 0 bridgehead atoms. The minimum absolute atomic E-state index is 0.0424. The molecule has 0 aliphatic carbocycles. The van der Waals surface area contributed by atoms with Crippen molar-refractivity contribution < 1.29 is 4.79 Å². The van der Waals surface area contributed by atoms with Gasteiger partial charge in [0.15, 0.2) is 10.3 Å². The highest BCUT2D eigenvalue weighted by Gasteiger charge is 2.15. The maximum atomic E-state index is 12.6. The molecule has 3 aromatic rings. The molecule has 0 radical (unpaired) electrons. The summed E-state index contributed by atoms with van der Waals surface area (Å²) in [5.74, 6) is 1.72. The zero-order valence-electron chi connectivity index (χ0n) is 18.6. The van der Waals surface area contributed by atoms with Crippen molar-refractivity contribution in [2.45, 2.75) is 63.6 Å². The monoisotopic (exact) mass is 456 g/mol. The lowest BCUT2D eigenvalue weighted by molar-refractivity contribution is -0.113. The molecule has 0 atom stereocenters. The van der Waals surface area contributed by atoms with Crippen LogP contribution < -0.4 is 5.32 Å². The molecule has 31 heavy (non-hydrogen) atoms. The Kier molecular flexibility index (Phi) is 8.09. The third kappa shape index (κ3) is 6.07. The van der Waals surface area contributed by atoms with E-state index in [9.17, 15) is 4.79 Å². The average molecular weight is 457 g/mol. The van der Waals surface area contributed by atoms with Crippen molar-refractivity contribution in [3.63, 3.8) is 0 Å². The zero-order valence-corrected chi connectivity index (χ0v) is 20.2. The lowest BCUT2D eigenvalue weighted by Crippen LogP contribution is -2.16. The van der Waals surface area contributed by atoms with Crippen LogP contribution in [0.5, 0.6) is 0 Å². The van der Waals surface area contributed by atoms with Gasteiger partial charge in [0.25, 0.3) is 0 Å². The molecule has 0 fully saturated rings. The van der Waals surface area contributed by atoms with Gasteiger partial charge in [-0.2, -0.15) is 0 Å². The van der Waals surface area contributed by atoms with Gasteiger partial charge in [0.05, 0.1) is 11.5 Å². The summed E-state index contributed by atoms with van der Waals surface area (Å²) >= 11 is 2.94. The van der Waals surface area contributed by atoms with E-state index >= 15 is 0 Å². The van der Waals surface area contributed by atoms with Gasteiger partial charge in [-0.25, -0.2) is 9.97 Å². The van der Waals surface area contributed by atoms with Crippen LogP contribution in [0.4, 0.5) is 5.69 Å². The summed E-state index contributed by atoms with van der Waals surface area (Å²) in [6.45, 7) is 10.8. The third-order valence-electron chi connectivity index (χ3n) is 4.74. The first-order chi connectivity index (χ1) is 14.9. The van der Waals surface area contributed by atoms with E-state index in [1.54, 1.807) is 11.8 Å². The molecule has 2 heterocycles. The van der Waals surface area contributed by atoms with E-state index in [4.69, 9.17) is 0 Å². The molecule has 1 aromatic carbocycles. The van der Waals surface area contributed by atoms with Crippen LogP contribution in [0.2, 0.25) is 0 Å². The second kappa shape index (κ2) is 10.8. The maximum absolute atomic E-state index is 12.6. The van der Waals surface area contributed by atoms with E-state index in [1.165, 1.54) is 11.8 Å². The van der Waals surface area contributed by atoms with Crippen molar-refractivity contribution in [1.82, 2.24) is 24.7 Å². The second-order valence-electron chi connectivity index (χ2n) is 7.16. The Morgan fingerprint density at radius 2 is 1.81 bits per heavy atom. The molecule has 0 aliphatic heterocycles. The van der Waals surface area contributed by atoms with E-state index in [0.29, 0.717) is 5.75 Å². The predicted molar refractivity (Wildman–Crippen MR) is 127 cm³/mol. The molecule has 0 aliphatic rings. The molecule has 1 N–H and O–H groups in total. The van der Waals surface area contributed by atoms with Crippen molar-refractivity contribution in [3.8, 4) is 0 Å². The number of thioether (sulfide) groups is 2. The summed E-state index contributed by atoms with van der Waals surface area (Å²) in [5, 5.41) is 13.2. The number of aryl methyl sites for hydroxylation is 4. The molecular weight excluding hydrogens is 428 g/mol. The number of nitrogens with one attached hydrogen (secondary N) is 1. The van der Waals surface area contributed by atoms with Crippen molar-refractivity contribution in [1.29, 1.82) is 0 Å². The van der Waals surface area contributed by atoms with Crippen molar-refractivity contribution >= 4 is 35.1 Å². The number of nitrogens with zero attached hydrogens (tertiary/aromatic N) is 5. The molecule has 0 saturated heterocycles. The fourth-order valence-corrected chi connectivity index (χ4v) is 4.96. The van der Waals surface area contributed by atoms with Gasteiger partial charge in [-0.05, 0) is 51.3 Å². The summed E-state index contributed by atoms with van der Waals surface area (Å²) in [6.07, 6.45) is 0.875. The number of carbonyl (C=O) groups is 1. The van der Waals surface area contributed by atoms with Crippen molar-refractivity contribution in [2.75, 3.05) is 11.1 Å². The van der Waals surface area contributed by atoms with Gasteiger partial charge < -0.3 is 9.88 Å². The number of aromatic nitrogens is 5. The Bertz CT molecular complexity index is 1050. The largest absolute Gasteiger partial charge is 0.325 e. The highest BCUT2D eigenvalue weighted by Crippen LogP contribution is 2.24. The number of amides is 1. The van der Waals surface area contributed by atoms with Gasteiger partial charge in [-0.1, -0.05) is 48.6 Å². The summed E-state index contributed by atoms with van der Waals surface area (Å²) in [7, 11) is 0. The summed E-state index contributed by atoms with van der Waals surface area (Å²) in [6, 6.07) is 8.04. The van der Waals surface area contributed by atoms with Gasteiger partial charge in [0.1, 0.15) is 5.82 Å². The van der Waals surface area contributed by atoms with Crippen LogP contribution in [0, 0.1) is 20.8 Å². The summed E-state index contributed by atoms with van der Waals surface area (Å²) in [4.78, 5) is 21.5. The number of hydrogen-bond acceptors (Lipinski definition) is 7. The highest BCUT2D eigenvalue weighted by molar-refractivity contribution is 7.99. The van der Waals surface area contributed by atoms with E-state index < -0.39 is 0 Å². The first-order valence-corrected chi connectivity index (χ1v) is 12.3. The van der Waals surface area contributed by atoms with Gasteiger partial charge in [-0.3, -0.25) is 4.79 Å². The fourth-order valence-electron chi connectivity index (χ4n) is 3.25. The van der Waals surface area contributed by atoms with Gasteiger partial charge in [-0.15, -0.1) is 10.2 Å². The van der Waals surface area contributed by atoms with E-state index in [0.717, 1.165) is 57.3 Å². The van der Waals surface area contributed by atoms with Gasteiger partial charge >= 0.3 is 0 Å². The van der Waals surface area contributed by atoms with E-state index in [2.05, 4.69) is 39.3 Å². The van der Waals surface area contributed by atoms with Crippen molar-refractivity contribution in [2.24, 2.45) is 0 Å².